The van der Waals surface area contributed by atoms with Crippen molar-refractivity contribution >= 4 is 0 Å². The van der Waals surface area contributed by atoms with Gasteiger partial charge in [-0.3, -0.25) is 4.98 Å². The van der Waals surface area contributed by atoms with Gasteiger partial charge < -0.3 is 5.73 Å². The van der Waals surface area contributed by atoms with Crippen LogP contribution in [-0.2, 0) is 0 Å². The molecule has 1 aromatic heterocycles. The highest BCUT2D eigenvalue weighted by Gasteiger charge is 2.15. The molecule has 0 saturated carbocycles. The highest BCUT2D eigenvalue weighted by atomic mass is 16.1. The Kier molecular flexibility index (Phi) is 2.65. The summed E-state index contributed by atoms with van der Waals surface area (Å²) in [7, 11) is 0. The van der Waals surface area contributed by atoms with Crippen LogP contribution in [0.4, 0.5) is 0 Å². The van der Waals surface area contributed by atoms with Crippen molar-refractivity contribution in [2.24, 2.45) is 11.7 Å². The fourth-order valence-electron chi connectivity index (χ4n) is 0.965. The molecule has 2 atom stereocenters. The van der Waals surface area contributed by atoms with Crippen LogP contribution in [0.3, 0.4) is 0 Å². The van der Waals surface area contributed by atoms with Crippen LogP contribution < -0.4 is 11.4 Å². The zero-order valence-electron chi connectivity index (χ0n) is 7.29. The van der Waals surface area contributed by atoms with Gasteiger partial charge in [0, 0.05) is 0 Å². The van der Waals surface area contributed by atoms with E-state index in [1.807, 2.05) is 6.92 Å². The van der Waals surface area contributed by atoms with Crippen LogP contribution in [0.5, 0.6) is 0 Å². The van der Waals surface area contributed by atoms with Crippen molar-refractivity contribution in [3.05, 3.63) is 16.3 Å². The number of aromatic nitrogens is 3. The smallest absolute Gasteiger partial charge is 0.321 e. The zero-order valence-corrected chi connectivity index (χ0v) is 7.29. The summed E-state index contributed by atoms with van der Waals surface area (Å²) in [6, 6.07) is -0.186. The Morgan fingerprint density at radius 1 is 1.67 bits per heavy atom. The molecule has 0 bridgehead atoms. The van der Waals surface area contributed by atoms with Crippen molar-refractivity contribution in [1.29, 1.82) is 0 Å². The maximum atomic E-state index is 10.7. The Bertz CT molecular complexity index is 290. The van der Waals surface area contributed by atoms with Gasteiger partial charge in [0.15, 0.2) is 0 Å². The van der Waals surface area contributed by atoms with Gasteiger partial charge in [-0.05, 0) is 5.92 Å². The molecule has 0 aromatic carbocycles. The molecule has 0 saturated heterocycles. The third-order valence-corrected chi connectivity index (χ3v) is 2.09. The van der Waals surface area contributed by atoms with E-state index in [1.54, 1.807) is 0 Å². The molecule has 68 valence electrons. The monoisotopic (exact) mass is 170 g/mol. The van der Waals surface area contributed by atoms with Crippen LogP contribution in [0.15, 0.2) is 4.79 Å². The van der Waals surface area contributed by atoms with Crippen LogP contribution in [-0.4, -0.2) is 15.2 Å². The lowest BCUT2D eigenvalue weighted by molar-refractivity contribution is 0.440. The van der Waals surface area contributed by atoms with Crippen LogP contribution in [0, 0.1) is 5.92 Å². The van der Waals surface area contributed by atoms with E-state index in [2.05, 4.69) is 22.1 Å². The predicted octanol–water partition coefficient (Wildman–Crippen LogP) is 0.144. The molecule has 1 heterocycles. The van der Waals surface area contributed by atoms with E-state index >= 15 is 0 Å². The number of hydrogen-bond acceptors (Lipinski definition) is 3. The molecule has 4 N–H and O–H groups in total. The van der Waals surface area contributed by atoms with Gasteiger partial charge in [-0.1, -0.05) is 20.3 Å². The van der Waals surface area contributed by atoms with E-state index in [9.17, 15) is 4.79 Å². The van der Waals surface area contributed by atoms with Crippen molar-refractivity contribution in [3.8, 4) is 0 Å². The number of nitrogens with zero attached hydrogens (tertiary/aromatic N) is 1. The summed E-state index contributed by atoms with van der Waals surface area (Å²) in [5, 5.41) is 6.05. The van der Waals surface area contributed by atoms with Gasteiger partial charge in [0.2, 0.25) is 0 Å². The second kappa shape index (κ2) is 3.53. The number of aromatic amines is 2. The quantitative estimate of drug-likeness (QED) is 0.603. The first-order chi connectivity index (χ1) is 5.65. The Hall–Kier alpha value is -1.10. The maximum Gasteiger partial charge on any atom is 0.340 e. The Labute approximate surface area is 70.4 Å². The van der Waals surface area contributed by atoms with Crippen LogP contribution >= 0.6 is 0 Å². The summed E-state index contributed by atoms with van der Waals surface area (Å²) in [4.78, 5) is 13.2. The first kappa shape index (κ1) is 8.99. The Morgan fingerprint density at radius 3 is 2.75 bits per heavy atom. The lowest BCUT2D eigenvalue weighted by Crippen LogP contribution is -2.20. The van der Waals surface area contributed by atoms with Gasteiger partial charge in [-0.2, -0.15) is 5.10 Å². The second-order valence-electron chi connectivity index (χ2n) is 2.97. The van der Waals surface area contributed by atoms with Crippen molar-refractivity contribution in [3.63, 3.8) is 0 Å². The summed E-state index contributed by atoms with van der Waals surface area (Å²) in [5.74, 6) is 0.860. The fraction of sp³-hybridized carbons (Fsp3) is 0.714. The van der Waals surface area contributed by atoms with E-state index in [0.29, 0.717) is 11.7 Å². The normalized spacial score (nSPS) is 15.9. The van der Waals surface area contributed by atoms with Gasteiger partial charge >= 0.3 is 5.69 Å². The molecule has 12 heavy (non-hydrogen) atoms. The maximum absolute atomic E-state index is 10.7. The molecule has 5 nitrogen and oxygen atoms in total. The number of H-pyrrole nitrogens is 2. The molecule has 5 heteroatoms. The molecule has 0 aliphatic rings. The first-order valence-corrected chi connectivity index (χ1v) is 4.05. The highest BCUT2D eigenvalue weighted by molar-refractivity contribution is 4.91. The van der Waals surface area contributed by atoms with Gasteiger partial charge in [0.1, 0.15) is 5.82 Å². The van der Waals surface area contributed by atoms with E-state index in [4.69, 9.17) is 5.73 Å². The average Bonchev–Trinajstić information content (AvgIpc) is 2.49. The molecule has 0 fully saturated rings. The standard InChI is InChI=1S/C7H14N4O/c1-3-4(2)5(8)6-9-7(12)11-10-6/h4-5H,3,8H2,1-2H3,(H2,9,10,11,12)/t4?,5-/m0/s1. The zero-order chi connectivity index (χ0) is 9.14. The molecule has 0 spiro atoms. The molecule has 1 aromatic rings. The molecular formula is C7H14N4O. The molecular weight excluding hydrogens is 156 g/mol. The molecule has 0 amide bonds. The lowest BCUT2D eigenvalue weighted by atomic mass is 10.00. The van der Waals surface area contributed by atoms with Crippen LogP contribution in [0.2, 0.25) is 0 Å². The Balaban J connectivity index is 2.77. The third kappa shape index (κ3) is 1.73. The number of nitrogens with two attached hydrogens (primary N) is 1. The topological polar surface area (TPSA) is 87.6 Å². The number of nitrogens with one attached hydrogen (secondary N) is 2. The van der Waals surface area contributed by atoms with Crippen molar-refractivity contribution in [2.45, 2.75) is 26.3 Å². The van der Waals surface area contributed by atoms with Crippen LogP contribution in [0.25, 0.3) is 0 Å². The highest BCUT2D eigenvalue weighted by Crippen LogP contribution is 2.16. The predicted molar refractivity (Wildman–Crippen MR) is 45.6 cm³/mol. The van der Waals surface area contributed by atoms with Crippen molar-refractivity contribution in [2.75, 3.05) is 0 Å². The molecule has 0 radical (unpaired) electrons. The average molecular weight is 170 g/mol. The SMILES string of the molecule is CCC(C)[C@H](N)c1n[nH]c(=O)[nH]1. The summed E-state index contributed by atoms with van der Waals surface area (Å²) in [6.45, 7) is 4.08. The summed E-state index contributed by atoms with van der Waals surface area (Å²) in [5.41, 5.74) is 5.51. The third-order valence-electron chi connectivity index (χ3n) is 2.09. The first-order valence-electron chi connectivity index (χ1n) is 4.05. The van der Waals surface area contributed by atoms with Gasteiger partial charge in [-0.25, -0.2) is 9.89 Å². The van der Waals surface area contributed by atoms with Crippen molar-refractivity contribution in [1.82, 2.24) is 15.2 Å². The van der Waals surface area contributed by atoms with Gasteiger partial charge in [0.25, 0.3) is 0 Å². The molecule has 1 rings (SSSR count). The summed E-state index contributed by atoms with van der Waals surface area (Å²) < 4.78 is 0. The van der Waals surface area contributed by atoms with E-state index in [1.165, 1.54) is 0 Å². The minimum atomic E-state index is -0.302. The lowest BCUT2D eigenvalue weighted by Gasteiger charge is -2.14. The Morgan fingerprint density at radius 2 is 2.33 bits per heavy atom. The minimum Gasteiger partial charge on any atom is -0.321 e. The molecule has 1 unspecified atom stereocenters. The minimum absolute atomic E-state index is 0.186. The second-order valence-corrected chi connectivity index (χ2v) is 2.97. The fourth-order valence-corrected chi connectivity index (χ4v) is 0.965. The summed E-state index contributed by atoms with van der Waals surface area (Å²) >= 11 is 0. The molecule has 0 aliphatic heterocycles. The number of hydrogen-bond donors (Lipinski definition) is 3. The van der Waals surface area contributed by atoms with Crippen molar-refractivity contribution < 1.29 is 0 Å². The summed E-state index contributed by atoms with van der Waals surface area (Å²) in [6.07, 6.45) is 0.968. The van der Waals surface area contributed by atoms with E-state index < -0.39 is 0 Å². The van der Waals surface area contributed by atoms with Crippen LogP contribution in [0.1, 0.15) is 32.1 Å². The van der Waals surface area contributed by atoms with Gasteiger partial charge in [0.05, 0.1) is 6.04 Å². The number of rotatable bonds is 3. The van der Waals surface area contributed by atoms with E-state index in [-0.39, 0.29) is 11.7 Å². The van der Waals surface area contributed by atoms with E-state index in [0.717, 1.165) is 6.42 Å². The molecule has 0 aliphatic carbocycles. The van der Waals surface area contributed by atoms with Gasteiger partial charge in [-0.15, -0.1) is 0 Å². The largest absolute Gasteiger partial charge is 0.340 e.